The molecule has 2 heterocycles. The van der Waals surface area contributed by atoms with Gasteiger partial charge in [-0.3, -0.25) is 4.99 Å². The first-order valence-corrected chi connectivity index (χ1v) is 17.4. The van der Waals surface area contributed by atoms with Crippen LogP contribution in [0.2, 0.25) is 0 Å². The maximum atomic E-state index is 4.38. The van der Waals surface area contributed by atoms with Crippen molar-refractivity contribution in [1.29, 1.82) is 0 Å². The largest absolute Gasteiger partial charge is 0.335 e. The number of nitrogens with zero attached hydrogens (tertiary/aromatic N) is 3. The minimum Gasteiger partial charge on any atom is -0.335 e. The van der Waals surface area contributed by atoms with Crippen LogP contribution in [-0.4, -0.2) is 11.3 Å². The number of rotatable bonds is 5. The lowest BCUT2D eigenvalue weighted by atomic mass is 9.88. The van der Waals surface area contributed by atoms with E-state index >= 15 is 0 Å². The molecule has 0 bridgehead atoms. The fourth-order valence-electron chi connectivity index (χ4n) is 8.00. The van der Waals surface area contributed by atoms with Crippen LogP contribution in [0.15, 0.2) is 181 Å². The number of anilines is 2. The van der Waals surface area contributed by atoms with E-state index in [-0.39, 0.29) is 0 Å². The number of benzene rings is 8. The predicted octanol–water partition coefficient (Wildman–Crippen LogP) is 12.9. The highest BCUT2D eigenvalue weighted by molar-refractivity contribution is 6.10. The van der Waals surface area contributed by atoms with Gasteiger partial charge in [0.15, 0.2) is 0 Å². The molecule has 0 aliphatic carbocycles. The monoisotopic (exact) mass is 651 g/mol. The van der Waals surface area contributed by atoms with E-state index in [9.17, 15) is 0 Å². The van der Waals surface area contributed by atoms with Crippen LogP contribution in [0.1, 0.15) is 5.56 Å². The second-order valence-corrected chi connectivity index (χ2v) is 13.3. The molecular weight excluding hydrogens is 619 g/mol. The van der Waals surface area contributed by atoms with Crippen LogP contribution in [-0.2, 0) is 6.54 Å². The number of para-hydroxylation sites is 4. The van der Waals surface area contributed by atoms with Crippen molar-refractivity contribution in [3.05, 3.63) is 181 Å². The zero-order valence-corrected chi connectivity index (χ0v) is 28.0. The molecule has 240 valence electrons. The summed E-state index contributed by atoms with van der Waals surface area (Å²) in [6.07, 6.45) is 0. The van der Waals surface area contributed by atoms with E-state index in [0.717, 1.165) is 17.9 Å². The van der Waals surface area contributed by atoms with Gasteiger partial charge in [0.25, 0.3) is 0 Å². The lowest BCUT2D eigenvalue weighted by molar-refractivity contribution is 0.963. The lowest BCUT2D eigenvalue weighted by Gasteiger charge is -2.34. The molecule has 9 aromatic rings. The topological polar surface area (TPSA) is 20.5 Å². The molecule has 0 saturated carbocycles. The van der Waals surface area contributed by atoms with Gasteiger partial charge in [-0.05, 0) is 118 Å². The molecule has 1 aliphatic rings. The van der Waals surface area contributed by atoms with E-state index in [2.05, 4.69) is 185 Å². The average molecular weight is 652 g/mol. The van der Waals surface area contributed by atoms with Gasteiger partial charge in [-0.25, -0.2) is 0 Å². The summed E-state index contributed by atoms with van der Waals surface area (Å²) >= 11 is 0. The maximum absolute atomic E-state index is 4.38. The zero-order valence-electron chi connectivity index (χ0n) is 28.0. The maximum Gasteiger partial charge on any atom is 0.0859 e. The Bertz CT molecular complexity index is 2790. The van der Waals surface area contributed by atoms with Crippen molar-refractivity contribution in [1.82, 2.24) is 4.57 Å². The molecule has 1 aliphatic heterocycles. The van der Waals surface area contributed by atoms with Crippen molar-refractivity contribution in [3.63, 3.8) is 0 Å². The van der Waals surface area contributed by atoms with E-state index in [1.807, 2.05) is 12.1 Å². The molecule has 0 N–H and O–H groups in total. The Labute approximate surface area is 297 Å². The van der Waals surface area contributed by atoms with Gasteiger partial charge >= 0.3 is 0 Å². The summed E-state index contributed by atoms with van der Waals surface area (Å²) in [5.41, 5.74) is 15.3. The second-order valence-electron chi connectivity index (χ2n) is 13.3. The third-order valence-corrected chi connectivity index (χ3v) is 10.5. The summed E-state index contributed by atoms with van der Waals surface area (Å²) in [6, 6.07) is 63.7. The van der Waals surface area contributed by atoms with Crippen molar-refractivity contribution in [3.8, 4) is 39.1 Å². The van der Waals surface area contributed by atoms with Crippen molar-refractivity contribution in [2.45, 2.75) is 6.54 Å². The molecular formula is C48H33N3. The van der Waals surface area contributed by atoms with Crippen LogP contribution in [0.3, 0.4) is 0 Å². The number of hydrogen-bond donors (Lipinski definition) is 0. The summed E-state index contributed by atoms with van der Waals surface area (Å²) < 4.78 is 2.36. The minimum atomic E-state index is 0.766. The highest BCUT2D eigenvalue weighted by Crippen LogP contribution is 2.47. The summed E-state index contributed by atoms with van der Waals surface area (Å²) in [5, 5.41) is 5.03. The molecule has 0 fully saturated rings. The fourth-order valence-corrected chi connectivity index (χ4v) is 8.00. The number of aliphatic imine (C=N–C) groups is 1. The molecule has 1 aromatic heterocycles. The van der Waals surface area contributed by atoms with E-state index in [4.69, 9.17) is 0 Å². The number of fused-ring (bicyclic) bond motifs is 7. The summed E-state index contributed by atoms with van der Waals surface area (Å²) in [6.45, 7) is 4.64. The lowest BCUT2D eigenvalue weighted by Crippen LogP contribution is -2.21. The van der Waals surface area contributed by atoms with Gasteiger partial charge in [-0.1, -0.05) is 109 Å². The molecule has 0 spiro atoms. The first-order valence-electron chi connectivity index (χ1n) is 17.4. The standard InChI is InChI=1S/C48H33N3/c1-49-44-16-8-10-18-48(44)50-31-38-27-34-11-5-6-12-35(34)28-41(38)43-30-36(23-25-45(43)50)32-19-21-33(22-20-32)37-24-26-47-42(29-37)40-15-7-9-17-46(40)51(47)39-13-3-2-4-14-39/h2-30H,1,31H2. The number of aromatic nitrogens is 1. The Morgan fingerprint density at radius 2 is 1.08 bits per heavy atom. The van der Waals surface area contributed by atoms with E-state index in [1.165, 1.54) is 82.9 Å². The summed E-state index contributed by atoms with van der Waals surface area (Å²) in [4.78, 5) is 6.76. The van der Waals surface area contributed by atoms with Gasteiger partial charge in [0.2, 0.25) is 0 Å². The third-order valence-electron chi connectivity index (χ3n) is 10.5. The van der Waals surface area contributed by atoms with E-state index in [0.29, 0.717) is 0 Å². The Kier molecular flexibility index (Phi) is 6.71. The fraction of sp³-hybridized carbons (Fsp3) is 0.0208. The van der Waals surface area contributed by atoms with Crippen molar-refractivity contribution >= 4 is 56.4 Å². The molecule has 8 aromatic carbocycles. The van der Waals surface area contributed by atoms with E-state index in [1.54, 1.807) is 0 Å². The third kappa shape index (κ3) is 4.78. The molecule has 10 rings (SSSR count). The SMILES string of the molecule is C=Nc1ccccc1N1Cc2cc3ccccc3cc2-c2cc(-c3ccc(-c4ccc5c(c4)c4ccccc4n5-c4ccccc4)cc3)ccc21. The van der Waals surface area contributed by atoms with Crippen LogP contribution in [0.25, 0.3) is 71.6 Å². The summed E-state index contributed by atoms with van der Waals surface area (Å²) in [7, 11) is 0. The second kappa shape index (κ2) is 11.7. The number of hydrogen-bond acceptors (Lipinski definition) is 2. The van der Waals surface area contributed by atoms with Crippen LogP contribution >= 0.6 is 0 Å². The normalized spacial score (nSPS) is 12.3. The molecule has 51 heavy (non-hydrogen) atoms. The molecule has 0 unspecified atom stereocenters. The van der Waals surface area contributed by atoms with Gasteiger partial charge in [0.1, 0.15) is 0 Å². The van der Waals surface area contributed by atoms with Crippen LogP contribution in [0, 0.1) is 0 Å². The van der Waals surface area contributed by atoms with Crippen LogP contribution in [0.5, 0.6) is 0 Å². The zero-order chi connectivity index (χ0) is 33.9. The molecule has 0 radical (unpaired) electrons. The van der Waals surface area contributed by atoms with E-state index < -0.39 is 0 Å². The quantitative estimate of drug-likeness (QED) is 0.170. The van der Waals surface area contributed by atoms with Crippen molar-refractivity contribution in [2.75, 3.05) is 4.90 Å². The van der Waals surface area contributed by atoms with Gasteiger partial charge in [0.05, 0.1) is 22.4 Å². The van der Waals surface area contributed by atoms with Crippen molar-refractivity contribution in [2.24, 2.45) is 4.99 Å². The van der Waals surface area contributed by atoms with Gasteiger partial charge in [-0.2, -0.15) is 0 Å². The Balaban J connectivity index is 1.06. The van der Waals surface area contributed by atoms with Gasteiger partial charge < -0.3 is 9.47 Å². The van der Waals surface area contributed by atoms with Gasteiger partial charge in [-0.15, -0.1) is 0 Å². The Hall–Kier alpha value is -6.71. The van der Waals surface area contributed by atoms with Crippen molar-refractivity contribution < 1.29 is 0 Å². The minimum absolute atomic E-state index is 0.766. The highest BCUT2D eigenvalue weighted by Gasteiger charge is 2.26. The molecule has 0 atom stereocenters. The molecule has 0 amide bonds. The first-order chi connectivity index (χ1) is 25.2. The smallest absolute Gasteiger partial charge is 0.0859 e. The summed E-state index contributed by atoms with van der Waals surface area (Å²) in [5.74, 6) is 0. The molecule has 3 nitrogen and oxygen atoms in total. The predicted molar refractivity (Wildman–Crippen MR) is 216 cm³/mol. The highest BCUT2D eigenvalue weighted by atomic mass is 15.2. The Morgan fingerprint density at radius 3 is 1.88 bits per heavy atom. The first kappa shape index (κ1) is 29.2. The molecule has 0 saturated heterocycles. The molecule has 3 heteroatoms. The van der Waals surface area contributed by atoms with Gasteiger partial charge in [0, 0.05) is 34.3 Å². The van der Waals surface area contributed by atoms with Crippen LogP contribution < -0.4 is 4.90 Å². The Morgan fingerprint density at radius 1 is 0.451 bits per heavy atom. The van der Waals surface area contributed by atoms with Crippen LogP contribution in [0.4, 0.5) is 17.1 Å². The average Bonchev–Trinajstić information content (AvgIpc) is 3.54.